The first-order valence-corrected chi connectivity index (χ1v) is 13.0. The third-order valence-corrected chi connectivity index (χ3v) is 8.58. The largest absolute Gasteiger partial charge is 0.249 e. The average molecular weight is 446 g/mol. The van der Waals surface area contributed by atoms with Crippen molar-refractivity contribution in [1.29, 1.82) is 0 Å². The van der Waals surface area contributed by atoms with Crippen LogP contribution in [0.15, 0.2) is 64.0 Å². The van der Waals surface area contributed by atoms with E-state index >= 15 is 0 Å². The fraction of sp³-hybridized carbons (Fsp3) is 0.333. The molecule has 1 aliphatic rings. The van der Waals surface area contributed by atoms with Gasteiger partial charge in [-0.05, 0) is 30.5 Å². The summed E-state index contributed by atoms with van der Waals surface area (Å²) in [6, 6.07) is 13.8. The van der Waals surface area contributed by atoms with E-state index in [9.17, 15) is 8.42 Å². The predicted octanol–water partition coefficient (Wildman–Crippen LogP) is 4.60. The zero-order valence-corrected chi connectivity index (χ0v) is 18.5. The number of hydrogen-bond donors (Lipinski definition) is 0. The first-order chi connectivity index (χ1) is 14.1. The fourth-order valence-electron chi connectivity index (χ4n) is 3.27. The molecule has 1 saturated heterocycles. The maximum Gasteiger partial charge on any atom is 0.244 e. The third-order valence-electron chi connectivity index (χ3n) is 4.83. The summed E-state index contributed by atoms with van der Waals surface area (Å²) in [4.78, 5) is 9.35. The van der Waals surface area contributed by atoms with Gasteiger partial charge in [0, 0.05) is 36.8 Å². The maximum atomic E-state index is 12.7. The van der Waals surface area contributed by atoms with Crippen molar-refractivity contribution in [3.05, 3.63) is 70.3 Å². The molecule has 152 valence electrons. The lowest BCUT2D eigenvalue weighted by molar-refractivity contribution is 0.346. The minimum absolute atomic E-state index is 0.280. The summed E-state index contributed by atoms with van der Waals surface area (Å²) in [6.45, 7) is 1.21. The van der Waals surface area contributed by atoms with Gasteiger partial charge >= 0.3 is 0 Å². The highest BCUT2D eigenvalue weighted by atomic mass is 32.2. The summed E-state index contributed by atoms with van der Waals surface area (Å²) in [5, 5.41) is 3.99. The van der Waals surface area contributed by atoms with Crippen LogP contribution in [0.5, 0.6) is 0 Å². The Hall–Kier alpha value is -1.74. The molecule has 2 aromatic heterocycles. The summed E-state index contributed by atoms with van der Waals surface area (Å²) in [6.07, 6.45) is 5.29. The molecule has 4 rings (SSSR count). The fourth-order valence-corrected chi connectivity index (χ4v) is 6.41. The molecule has 0 spiro atoms. The summed E-state index contributed by atoms with van der Waals surface area (Å²) >= 11 is 3.24. The topological polar surface area (TPSA) is 63.2 Å². The van der Waals surface area contributed by atoms with Crippen molar-refractivity contribution < 1.29 is 8.42 Å². The number of hydrogen-bond acceptors (Lipinski definition) is 6. The molecule has 0 aliphatic carbocycles. The van der Waals surface area contributed by atoms with E-state index in [1.807, 2.05) is 18.2 Å². The van der Waals surface area contributed by atoms with Crippen molar-refractivity contribution in [2.24, 2.45) is 0 Å². The number of aromatic nitrogens is 2. The molecule has 0 unspecified atom stereocenters. The van der Waals surface area contributed by atoms with Crippen LogP contribution in [0.4, 0.5) is 0 Å². The van der Waals surface area contributed by atoms with E-state index in [4.69, 9.17) is 4.98 Å². The van der Waals surface area contributed by atoms with Crippen molar-refractivity contribution in [1.82, 2.24) is 14.3 Å². The van der Waals surface area contributed by atoms with Gasteiger partial charge in [-0.3, -0.25) is 0 Å². The van der Waals surface area contributed by atoms with Crippen LogP contribution in [0, 0.1) is 0 Å². The van der Waals surface area contributed by atoms with E-state index in [0.717, 1.165) is 47.2 Å². The van der Waals surface area contributed by atoms with Gasteiger partial charge in [0.25, 0.3) is 0 Å². The molecular formula is C21H23N3O2S3. The molecule has 8 heteroatoms. The highest BCUT2D eigenvalue weighted by molar-refractivity contribution is 7.98. The molecule has 0 amide bonds. The summed E-state index contributed by atoms with van der Waals surface area (Å²) in [5.74, 6) is 0.719. The van der Waals surface area contributed by atoms with E-state index in [1.54, 1.807) is 39.5 Å². The van der Waals surface area contributed by atoms with E-state index in [1.165, 1.54) is 11.8 Å². The van der Waals surface area contributed by atoms with Gasteiger partial charge in [-0.25, -0.2) is 18.4 Å². The molecule has 1 aromatic carbocycles. The zero-order valence-electron chi connectivity index (χ0n) is 16.0. The van der Waals surface area contributed by atoms with Gasteiger partial charge in [0.1, 0.15) is 4.90 Å². The Kier molecular flexibility index (Phi) is 6.64. The van der Waals surface area contributed by atoms with Crippen LogP contribution in [-0.2, 0) is 22.2 Å². The zero-order chi connectivity index (χ0) is 20.1. The van der Waals surface area contributed by atoms with Crippen molar-refractivity contribution in [3.8, 4) is 0 Å². The Bertz CT molecular complexity index is 1030. The standard InChI is InChI=1S/C21H23N3O2S3/c25-29(26,24-11-5-2-6-12-24)19-9-10-20(22-14-19)27-15-18-16-28-21(23-18)13-17-7-3-1-4-8-17/h1,3-4,7-10,14,16H,2,5-6,11-13,15H2. The summed E-state index contributed by atoms with van der Waals surface area (Å²) in [5.41, 5.74) is 2.28. The van der Waals surface area contributed by atoms with E-state index in [2.05, 4.69) is 22.5 Å². The minimum Gasteiger partial charge on any atom is -0.249 e. The molecule has 0 saturated carbocycles. The quantitative estimate of drug-likeness (QED) is 0.498. The smallest absolute Gasteiger partial charge is 0.244 e. The Labute approximate surface area is 180 Å². The molecular weight excluding hydrogens is 422 g/mol. The molecule has 0 bridgehead atoms. The molecule has 3 aromatic rings. The van der Waals surface area contributed by atoms with E-state index in [0.29, 0.717) is 13.1 Å². The lowest BCUT2D eigenvalue weighted by atomic mass is 10.2. The number of benzene rings is 1. The second kappa shape index (κ2) is 9.38. The molecule has 29 heavy (non-hydrogen) atoms. The number of thioether (sulfide) groups is 1. The maximum absolute atomic E-state index is 12.7. The van der Waals surface area contributed by atoms with Crippen LogP contribution in [-0.4, -0.2) is 35.8 Å². The van der Waals surface area contributed by atoms with Gasteiger partial charge < -0.3 is 0 Å². The highest BCUT2D eigenvalue weighted by Gasteiger charge is 2.26. The van der Waals surface area contributed by atoms with Gasteiger partial charge in [0.05, 0.1) is 15.7 Å². The second-order valence-corrected chi connectivity index (χ2v) is 10.9. The van der Waals surface area contributed by atoms with Gasteiger partial charge in [-0.15, -0.1) is 23.1 Å². The van der Waals surface area contributed by atoms with Gasteiger partial charge in [0.15, 0.2) is 0 Å². The summed E-state index contributed by atoms with van der Waals surface area (Å²) in [7, 11) is -3.42. The van der Waals surface area contributed by atoms with Gasteiger partial charge in [-0.2, -0.15) is 4.31 Å². The number of rotatable bonds is 7. The normalized spacial score (nSPS) is 15.4. The first kappa shape index (κ1) is 20.5. The number of pyridine rings is 1. The second-order valence-electron chi connectivity index (χ2n) is 6.98. The third kappa shape index (κ3) is 5.25. The predicted molar refractivity (Wildman–Crippen MR) is 118 cm³/mol. The van der Waals surface area contributed by atoms with Crippen LogP contribution in [0.1, 0.15) is 35.5 Å². The molecule has 1 fully saturated rings. The molecule has 0 N–H and O–H groups in total. The molecule has 0 atom stereocenters. The van der Waals surface area contributed by atoms with Crippen molar-refractivity contribution in [3.63, 3.8) is 0 Å². The van der Waals surface area contributed by atoms with Crippen molar-refractivity contribution in [2.75, 3.05) is 13.1 Å². The Morgan fingerprint density at radius 1 is 1.03 bits per heavy atom. The van der Waals surface area contributed by atoms with Crippen LogP contribution < -0.4 is 0 Å². The first-order valence-electron chi connectivity index (χ1n) is 9.67. The SMILES string of the molecule is O=S(=O)(c1ccc(SCc2csc(Cc3ccccc3)n2)nc1)N1CCCCC1. The van der Waals surface area contributed by atoms with Crippen LogP contribution >= 0.6 is 23.1 Å². The van der Waals surface area contributed by atoms with E-state index < -0.39 is 10.0 Å². The number of sulfonamides is 1. The highest BCUT2D eigenvalue weighted by Crippen LogP contribution is 2.25. The Morgan fingerprint density at radius 3 is 2.55 bits per heavy atom. The number of nitrogens with zero attached hydrogens (tertiary/aromatic N) is 3. The molecule has 5 nitrogen and oxygen atoms in total. The van der Waals surface area contributed by atoms with Crippen molar-refractivity contribution >= 4 is 33.1 Å². The monoisotopic (exact) mass is 445 g/mol. The molecule has 3 heterocycles. The van der Waals surface area contributed by atoms with Crippen LogP contribution in [0.3, 0.4) is 0 Å². The number of piperidine rings is 1. The van der Waals surface area contributed by atoms with Crippen LogP contribution in [0.25, 0.3) is 0 Å². The minimum atomic E-state index is -3.42. The van der Waals surface area contributed by atoms with Gasteiger partial charge in [0.2, 0.25) is 10.0 Å². The average Bonchev–Trinajstić information content (AvgIpc) is 3.21. The summed E-state index contributed by atoms with van der Waals surface area (Å²) < 4.78 is 27.0. The lowest BCUT2D eigenvalue weighted by Crippen LogP contribution is -2.35. The van der Waals surface area contributed by atoms with E-state index in [-0.39, 0.29) is 4.90 Å². The Balaban J connectivity index is 1.35. The van der Waals surface area contributed by atoms with Crippen molar-refractivity contribution in [2.45, 2.75) is 41.4 Å². The molecule has 0 radical (unpaired) electrons. The van der Waals surface area contributed by atoms with Gasteiger partial charge in [-0.1, -0.05) is 36.8 Å². The van der Waals surface area contributed by atoms with Crippen LogP contribution in [0.2, 0.25) is 0 Å². The lowest BCUT2D eigenvalue weighted by Gasteiger charge is -2.25. The Morgan fingerprint density at radius 2 is 1.83 bits per heavy atom. The molecule has 1 aliphatic heterocycles. The number of thiazole rings is 1.